The molecule has 2 aliphatic rings. The van der Waals surface area contributed by atoms with Crippen LogP contribution >= 0.6 is 0 Å². The third-order valence-electron chi connectivity index (χ3n) is 6.61. The van der Waals surface area contributed by atoms with E-state index in [1.165, 1.54) is 11.6 Å². The van der Waals surface area contributed by atoms with Gasteiger partial charge in [-0.1, -0.05) is 32.1 Å². The van der Waals surface area contributed by atoms with Crippen LogP contribution < -0.4 is 10.2 Å². The summed E-state index contributed by atoms with van der Waals surface area (Å²) in [5.74, 6) is 0.111. The van der Waals surface area contributed by atoms with Crippen LogP contribution in [-0.4, -0.2) is 59.4 Å². The van der Waals surface area contributed by atoms with E-state index in [2.05, 4.69) is 22.3 Å². The molecular formula is C28H37N3O4. The minimum Gasteiger partial charge on any atom is -0.508 e. The summed E-state index contributed by atoms with van der Waals surface area (Å²) < 4.78 is 5.45. The molecule has 7 heteroatoms. The molecule has 1 saturated heterocycles. The van der Waals surface area contributed by atoms with E-state index in [1.807, 2.05) is 56.9 Å². The van der Waals surface area contributed by atoms with Gasteiger partial charge in [0.05, 0.1) is 13.2 Å². The Morgan fingerprint density at radius 2 is 1.74 bits per heavy atom. The topological polar surface area (TPSA) is 85.3 Å². The number of hydrogen-bond donors (Lipinski definition) is 3. The Bertz CT molecular complexity index is 1070. The Morgan fingerprint density at radius 1 is 1.06 bits per heavy atom. The van der Waals surface area contributed by atoms with Crippen molar-refractivity contribution in [1.82, 2.24) is 10.2 Å². The van der Waals surface area contributed by atoms with E-state index < -0.39 is 6.04 Å². The number of carbonyl (C=O) groups is 1. The summed E-state index contributed by atoms with van der Waals surface area (Å²) in [5, 5.41) is 24.2. The number of benzene rings is 2. The fourth-order valence-electron chi connectivity index (χ4n) is 4.80. The van der Waals surface area contributed by atoms with Gasteiger partial charge in [0.25, 0.3) is 0 Å². The Hall–Kier alpha value is -3.03. The average molecular weight is 480 g/mol. The molecule has 188 valence electrons. The maximum absolute atomic E-state index is 13.2. The summed E-state index contributed by atoms with van der Waals surface area (Å²) >= 11 is 0. The van der Waals surface area contributed by atoms with Crippen LogP contribution in [0.2, 0.25) is 0 Å². The van der Waals surface area contributed by atoms with E-state index in [9.17, 15) is 15.0 Å². The van der Waals surface area contributed by atoms with Gasteiger partial charge in [0.1, 0.15) is 17.5 Å². The molecule has 1 unspecified atom stereocenters. The molecular weight excluding hydrogens is 442 g/mol. The van der Waals surface area contributed by atoms with E-state index >= 15 is 0 Å². The molecule has 0 saturated carbocycles. The van der Waals surface area contributed by atoms with Gasteiger partial charge in [0.2, 0.25) is 5.91 Å². The Morgan fingerprint density at radius 3 is 2.37 bits per heavy atom. The molecule has 1 amide bonds. The fourth-order valence-corrected chi connectivity index (χ4v) is 4.80. The highest BCUT2D eigenvalue weighted by molar-refractivity contribution is 5.96. The van der Waals surface area contributed by atoms with Crippen molar-refractivity contribution in [3.63, 3.8) is 0 Å². The number of amides is 1. The lowest BCUT2D eigenvalue weighted by Gasteiger charge is -2.31. The van der Waals surface area contributed by atoms with Gasteiger partial charge in [0, 0.05) is 48.7 Å². The zero-order valence-electron chi connectivity index (χ0n) is 21.1. The molecule has 2 aromatic rings. The van der Waals surface area contributed by atoms with Crippen molar-refractivity contribution in [1.29, 1.82) is 0 Å². The molecule has 7 nitrogen and oxygen atoms in total. The number of hydrogen-bond acceptors (Lipinski definition) is 6. The van der Waals surface area contributed by atoms with Gasteiger partial charge in [0.15, 0.2) is 0 Å². The normalized spacial score (nSPS) is 18.9. The highest BCUT2D eigenvalue weighted by Gasteiger charge is 2.35. The zero-order valence-corrected chi connectivity index (χ0v) is 21.1. The number of phenolic OH excluding ortho intramolecular Hbond substituents is 2. The number of nitrogens with zero attached hydrogens (tertiary/aromatic N) is 2. The van der Waals surface area contributed by atoms with Crippen LogP contribution in [0.15, 0.2) is 42.5 Å². The lowest BCUT2D eigenvalue weighted by Crippen LogP contribution is -2.45. The third kappa shape index (κ3) is 5.63. The molecule has 0 aliphatic carbocycles. The number of rotatable bonds is 7. The summed E-state index contributed by atoms with van der Waals surface area (Å²) in [5.41, 5.74) is 4.24. The smallest absolute Gasteiger partial charge is 0.243 e. The van der Waals surface area contributed by atoms with Crippen molar-refractivity contribution in [3.05, 3.63) is 59.2 Å². The number of aromatic hydroxyl groups is 2. The maximum atomic E-state index is 13.2. The molecule has 0 bridgehead atoms. The van der Waals surface area contributed by atoms with Crippen LogP contribution in [0, 0.1) is 0 Å². The van der Waals surface area contributed by atoms with Crippen LogP contribution in [0.25, 0.3) is 5.70 Å². The summed E-state index contributed by atoms with van der Waals surface area (Å²) in [6, 6.07) is 11.1. The first-order valence-electron chi connectivity index (χ1n) is 12.5. The first-order chi connectivity index (χ1) is 16.7. The second kappa shape index (κ2) is 10.7. The molecule has 2 heterocycles. The van der Waals surface area contributed by atoms with Crippen molar-refractivity contribution in [2.75, 3.05) is 31.2 Å². The second-order valence-corrected chi connectivity index (χ2v) is 10.0. The van der Waals surface area contributed by atoms with Gasteiger partial charge in [-0.15, -0.1) is 0 Å². The lowest BCUT2D eigenvalue weighted by atomic mass is 9.97. The SMILES string of the molecule is CC(C)NC(=O)C1CC=C(c2cc(C(C)C)c(O)cc2O)N1c1ccc(CN2CCOCC2)cc1. The van der Waals surface area contributed by atoms with Crippen molar-refractivity contribution in [2.24, 2.45) is 0 Å². The molecule has 35 heavy (non-hydrogen) atoms. The first kappa shape index (κ1) is 25.1. The van der Waals surface area contributed by atoms with Crippen LogP contribution in [-0.2, 0) is 16.1 Å². The van der Waals surface area contributed by atoms with Gasteiger partial charge in [-0.2, -0.15) is 0 Å². The quantitative estimate of drug-likeness (QED) is 0.552. The van der Waals surface area contributed by atoms with E-state index in [1.54, 1.807) is 0 Å². The van der Waals surface area contributed by atoms with Crippen molar-refractivity contribution < 1.29 is 19.7 Å². The number of carbonyl (C=O) groups excluding carboxylic acids is 1. The van der Waals surface area contributed by atoms with Crippen LogP contribution in [0.3, 0.4) is 0 Å². The first-order valence-corrected chi connectivity index (χ1v) is 12.5. The molecule has 0 aromatic heterocycles. The maximum Gasteiger partial charge on any atom is 0.243 e. The number of anilines is 1. The van der Waals surface area contributed by atoms with Crippen LogP contribution in [0.5, 0.6) is 11.5 Å². The fraction of sp³-hybridized carbons (Fsp3) is 0.464. The van der Waals surface area contributed by atoms with Gasteiger partial charge in [-0.25, -0.2) is 0 Å². The minimum absolute atomic E-state index is 0.00277. The van der Waals surface area contributed by atoms with Crippen LogP contribution in [0.1, 0.15) is 56.7 Å². The molecule has 4 rings (SSSR count). The molecule has 1 atom stereocenters. The molecule has 2 aromatic carbocycles. The average Bonchev–Trinajstić information content (AvgIpc) is 3.25. The van der Waals surface area contributed by atoms with Gasteiger partial charge in [-0.3, -0.25) is 9.69 Å². The molecule has 2 aliphatic heterocycles. The Kier molecular flexibility index (Phi) is 7.67. The highest BCUT2D eigenvalue weighted by atomic mass is 16.5. The monoisotopic (exact) mass is 479 g/mol. The van der Waals surface area contributed by atoms with E-state index in [0.29, 0.717) is 12.0 Å². The highest BCUT2D eigenvalue weighted by Crippen LogP contribution is 2.42. The number of nitrogens with one attached hydrogen (secondary N) is 1. The summed E-state index contributed by atoms with van der Waals surface area (Å²) in [6.07, 6.45) is 2.53. The van der Waals surface area contributed by atoms with Crippen molar-refractivity contribution in [3.8, 4) is 11.5 Å². The van der Waals surface area contributed by atoms with E-state index in [-0.39, 0.29) is 29.4 Å². The van der Waals surface area contributed by atoms with E-state index in [4.69, 9.17) is 4.74 Å². The van der Waals surface area contributed by atoms with Gasteiger partial charge >= 0.3 is 0 Å². The zero-order chi connectivity index (χ0) is 25.1. The second-order valence-electron chi connectivity index (χ2n) is 10.0. The predicted molar refractivity (Wildman–Crippen MR) is 139 cm³/mol. The third-order valence-corrected chi connectivity index (χ3v) is 6.61. The number of phenols is 2. The number of ether oxygens (including phenoxy) is 1. The van der Waals surface area contributed by atoms with Gasteiger partial charge in [-0.05, 0) is 55.5 Å². The standard InChI is InChI=1S/C28H37N3O4/c1-18(2)22-15-23(27(33)16-26(22)32)24-9-10-25(28(34)29-19(3)4)31(24)21-7-5-20(6-8-21)17-30-11-13-35-14-12-30/h5-9,15-16,18-19,25,32-33H,10-14,17H2,1-4H3,(H,29,34). The molecule has 1 fully saturated rings. The molecule has 0 spiro atoms. The summed E-state index contributed by atoms with van der Waals surface area (Å²) in [4.78, 5) is 17.5. The predicted octanol–water partition coefficient (Wildman–Crippen LogP) is 4.20. The summed E-state index contributed by atoms with van der Waals surface area (Å²) in [7, 11) is 0. The molecule has 3 N–H and O–H groups in total. The van der Waals surface area contributed by atoms with Crippen molar-refractivity contribution >= 4 is 17.3 Å². The molecule has 0 radical (unpaired) electrons. The Labute approximate surface area is 208 Å². The summed E-state index contributed by atoms with van der Waals surface area (Å²) in [6.45, 7) is 12.2. The van der Waals surface area contributed by atoms with Crippen LogP contribution in [0.4, 0.5) is 5.69 Å². The van der Waals surface area contributed by atoms with E-state index in [0.717, 1.165) is 49.8 Å². The van der Waals surface area contributed by atoms with Crippen molar-refractivity contribution in [2.45, 2.75) is 58.7 Å². The minimum atomic E-state index is -0.423. The lowest BCUT2D eigenvalue weighted by molar-refractivity contribution is -0.122. The number of morpholine rings is 1. The Balaban J connectivity index is 1.67. The van der Waals surface area contributed by atoms with Gasteiger partial charge < -0.3 is 25.2 Å². The largest absolute Gasteiger partial charge is 0.508 e.